The standard InChI is InChI=1S/C18H24N2O.2ClH/c1-20(2)17-10-8-15(9-11-17)14-19-13-12-16-6-4-5-7-18(16)21-3;;/h4-11,19H,12-14H2,1-3H3;2*1H/p-2. The summed E-state index contributed by atoms with van der Waals surface area (Å²) in [6, 6.07) is 16.8. The van der Waals surface area contributed by atoms with Crippen LogP contribution in [0.5, 0.6) is 5.75 Å². The molecule has 0 aliphatic rings. The molecule has 23 heavy (non-hydrogen) atoms. The number of methoxy groups -OCH3 is 1. The van der Waals surface area contributed by atoms with E-state index >= 15 is 0 Å². The SMILES string of the molecule is COc1ccccc1CCNCc1ccc(N(C)C)cc1.[Cl-].[Cl-]. The van der Waals surface area contributed by atoms with Crippen LogP contribution in [0.2, 0.25) is 0 Å². The summed E-state index contributed by atoms with van der Waals surface area (Å²) >= 11 is 0. The lowest BCUT2D eigenvalue weighted by Gasteiger charge is -2.13. The molecule has 0 bridgehead atoms. The number of para-hydroxylation sites is 1. The second-order valence-electron chi connectivity index (χ2n) is 5.30. The fraction of sp³-hybridized carbons (Fsp3) is 0.333. The van der Waals surface area contributed by atoms with Gasteiger partial charge in [0.25, 0.3) is 0 Å². The van der Waals surface area contributed by atoms with Crippen LogP contribution in [0.25, 0.3) is 0 Å². The molecule has 0 amide bonds. The molecule has 0 unspecified atom stereocenters. The zero-order valence-electron chi connectivity index (χ0n) is 13.9. The molecule has 3 nitrogen and oxygen atoms in total. The zero-order chi connectivity index (χ0) is 15.1. The van der Waals surface area contributed by atoms with Gasteiger partial charge in [0.1, 0.15) is 5.75 Å². The molecule has 0 saturated carbocycles. The van der Waals surface area contributed by atoms with Gasteiger partial charge >= 0.3 is 0 Å². The molecular formula is C18H24Cl2N2O-2. The van der Waals surface area contributed by atoms with E-state index in [0.717, 1.165) is 25.3 Å². The van der Waals surface area contributed by atoms with Crippen LogP contribution in [0.4, 0.5) is 5.69 Å². The van der Waals surface area contributed by atoms with Crippen molar-refractivity contribution in [3.63, 3.8) is 0 Å². The van der Waals surface area contributed by atoms with E-state index in [-0.39, 0.29) is 24.8 Å². The van der Waals surface area contributed by atoms with Crippen LogP contribution in [0.1, 0.15) is 11.1 Å². The first-order valence-electron chi connectivity index (χ1n) is 7.29. The lowest BCUT2D eigenvalue weighted by Crippen LogP contribution is -3.00. The summed E-state index contributed by atoms with van der Waals surface area (Å²) in [4.78, 5) is 2.11. The van der Waals surface area contributed by atoms with Crippen LogP contribution < -0.4 is 39.8 Å². The second kappa shape index (κ2) is 11.2. The Morgan fingerprint density at radius 3 is 2.22 bits per heavy atom. The topological polar surface area (TPSA) is 24.5 Å². The van der Waals surface area contributed by atoms with Crippen molar-refractivity contribution < 1.29 is 29.6 Å². The number of rotatable bonds is 7. The van der Waals surface area contributed by atoms with Gasteiger partial charge < -0.3 is 39.8 Å². The molecule has 128 valence electrons. The van der Waals surface area contributed by atoms with Crippen molar-refractivity contribution in [3.8, 4) is 5.75 Å². The molecule has 5 heteroatoms. The third-order valence-electron chi connectivity index (χ3n) is 3.55. The Morgan fingerprint density at radius 2 is 1.61 bits per heavy atom. The van der Waals surface area contributed by atoms with Crippen molar-refractivity contribution in [2.45, 2.75) is 13.0 Å². The van der Waals surface area contributed by atoms with Gasteiger partial charge in [-0.3, -0.25) is 0 Å². The molecule has 0 radical (unpaired) electrons. The van der Waals surface area contributed by atoms with E-state index in [4.69, 9.17) is 4.74 Å². The van der Waals surface area contributed by atoms with Gasteiger partial charge in [-0.05, 0) is 42.3 Å². The number of hydrogen-bond acceptors (Lipinski definition) is 3. The van der Waals surface area contributed by atoms with E-state index in [0.29, 0.717) is 0 Å². The molecular weight excluding hydrogens is 331 g/mol. The van der Waals surface area contributed by atoms with Crippen LogP contribution in [0, 0.1) is 0 Å². The largest absolute Gasteiger partial charge is 1.00 e. The monoisotopic (exact) mass is 354 g/mol. The van der Waals surface area contributed by atoms with E-state index in [1.165, 1.54) is 16.8 Å². The van der Waals surface area contributed by atoms with Gasteiger partial charge in [0.05, 0.1) is 7.11 Å². The minimum atomic E-state index is 0. The van der Waals surface area contributed by atoms with Crippen molar-refractivity contribution in [1.82, 2.24) is 5.32 Å². The van der Waals surface area contributed by atoms with E-state index < -0.39 is 0 Å². The van der Waals surface area contributed by atoms with E-state index in [1.54, 1.807) is 7.11 Å². The lowest BCUT2D eigenvalue weighted by atomic mass is 10.1. The smallest absolute Gasteiger partial charge is 0.122 e. The van der Waals surface area contributed by atoms with Crippen molar-refractivity contribution in [1.29, 1.82) is 0 Å². The molecule has 1 N–H and O–H groups in total. The summed E-state index contributed by atoms with van der Waals surface area (Å²) in [6.45, 7) is 1.83. The quantitative estimate of drug-likeness (QED) is 0.540. The van der Waals surface area contributed by atoms with E-state index in [1.807, 2.05) is 12.1 Å². The number of nitrogens with one attached hydrogen (secondary N) is 1. The molecule has 0 spiro atoms. The van der Waals surface area contributed by atoms with E-state index in [9.17, 15) is 0 Å². The number of anilines is 1. The van der Waals surface area contributed by atoms with Crippen molar-refractivity contribution >= 4 is 5.69 Å². The first-order chi connectivity index (χ1) is 10.2. The summed E-state index contributed by atoms with van der Waals surface area (Å²) in [7, 11) is 5.83. The number of nitrogens with zero attached hydrogens (tertiary/aromatic N) is 1. The molecule has 0 heterocycles. The van der Waals surface area contributed by atoms with Gasteiger partial charge in [0.15, 0.2) is 0 Å². The molecule has 2 rings (SSSR count). The predicted octanol–water partition coefficient (Wildman–Crippen LogP) is -2.90. The van der Waals surface area contributed by atoms with Crippen LogP contribution >= 0.6 is 0 Å². The molecule has 2 aromatic rings. The summed E-state index contributed by atoms with van der Waals surface area (Å²) in [6.07, 6.45) is 0.972. The molecule has 0 atom stereocenters. The first kappa shape index (κ1) is 21.6. The van der Waals surface area contributed by atoms with Gasteiger partial charge in [0.2, 0.25) is 0 Å². The fourth-order valence-electron chi connectivity index (χ4n) is 2.28. The number of hydrogen-bond donors (Lipinski definition) is 1. The molecule has 0 aromatic heterocycles. The molecule has 0 fully saturated rings. The number of halogens is 2. The highest BCUT2D eigenvalue weighted by atomic mass is 35.5. The van der Waals surface area contributed by atoms with Gasteiger partial charge in [-0.2, -0.15) is 0 Å². The highest BCUT2D eigenvalue weighted by molar-refractivity contribution is 5.45. The Labute approximate surface area is 151 Å². The van der Waals surface area contributed by atoms with Crippen LogP contribution in [-0.2, 0) is 13.0 Å². The van der Waals surface area contributed by atoms with Crippen LogP contribution in [-0.4, -0.2) is 27.7 Å². The third kappa shape index (κ3) is 6.69. The lowest BCUT2D eigenvalue weighted by molar-refractivity contribution is -0.00100. The summed E-state index contributed by atoms with van der Waals surface area (Å²) in [5.74, 6) is 0.967. The van der Waals surface area contributed by atoms with Crippen molar-refractivity contribution in [2.75, 3.05) is 32.6 Å². The van der Waals surface area contributed by atoms with Gasteiger partial charge in [0, 0.05) is 26.3 Å². The van der Waals surface area contributed by atoms with Crippen molar-refractivity contribution in [3.05, 3.63) is 59.7 Å². The normalized spacial score (nSPS) is 9.52. The maximum atomic E-state index is 5.36. The number of ether oxygens (including phenoxy) is 1. The first-order valence-corrected chi connectivity index (χ1v) is 7.29. The highest BCUT2D eigenvalue weighted by Crippen LogP contribution is 2.17. The third-order valence-corrected chi connectivity index (χ3v) is 3.55. The maximum absolute atomic E-state index is 5.36. The number of benzene rings is 2. The molecule has 0 aliphatic carbocycles. The Morgan fingerprint density at radius 1 is 0.957 bits per heavy atom. The van der Waals surface area contributed by atoms with Gasteiger partial charge in [-0.25, -0.2) is 0 Å². The maximum Gasteiger partial charge on any atom is 0.122 e. The summed E-state index contributed by atoms with van der Waals surface area (Å²) in [5.41, 5.74) is 3.78. The molecule has 0 aliphatic heterocycles. The average molecular weight is 355 g/mol. The fourth-order valence-corrected chi connectivity index (χ4v) is 2.28. The Balaban J connectivity index is 0.00000242. The molecule has 0 saturated heterocycles. The minimum absolute atomic E-state index is 0. The van der Waals surface area contributed by atoms with Crippen molar-refractivity contribution in [2.24, 2.45) is 0 Å². The summed E-state index contributed by atoms with van der Waals surface area (Å²) in [5, 5.41) is 3.48. The minimum Gasteiger partial charge on any atom is -1.00 e. The van der Waals surface area contributed by atoms with Gasteiger partial charge in [-0.1, -0.05) is 30.3 Å². The second-order valence-corrected chi connectivity index (χ2v) is 5.30. The Hall–Kier alpha value is -1.42. The van der Waals surface area contributed by atoms with Gasteiger partial charge in [-0.15, -0.1) is 0 Å². The summed E-state index contributed by atoms with van der Waals surface area (Å²) < 4.78 is 5.36. The predicted molar refractivity (Wildman–Crippen MR) is 89.2 cm³/mol. The Bertz CT molecular complexity index is 559. The average Bonchev–Trinajstić information content (AvgIpc) is 2.52. The van der Waals surface area contributed by atoms with Crippen LogP contribution in [0.15, 0.2) is 48.5 Å². The zero-order valence-corrected chi connectivity index (χ0v) is 15.4. The van der Waals surface area contributed by atoms with E-state index in [2.05, 4.69) is 60.7 Å². The Kier molecular flexibility index (Phi) is 10.5. The highest BCUT2D eigenvalue weighted by Gasteiger charge is 2.01. The molecule has 2 aromatic carbocycles. The van der Waals surface area contributed by atoms with Crippen LogP contribution in [0.3, 0.4) is 0 Å².